The van der Waals surface area contributed by atoms with E-state index in [1.165, 1.54) is 0 Å². The summed E-state index contributed by atoms with van der Waals surface area (Å²) < 4.78 is 0. The average molecular weight is 172 g/mol. The van der Waals surface area contributed by atoms with Crippen LogP contribution in [0.4, 0.5) is 0 Å². The number of piperazine rings is 1. The predicted molar refractivity (Wildman–Crippen MR) is 41.0 cm³/mol. The minimum absolute atomic E-state index is 0.00500. The number of hydrogen-bond acceptors (Lipinski definition) is 3. The molecule has 0 aliphatic carbocycles. The second kappa shape index (κ2) is 2.41. The highest BCUT2D eigenvalue weighted by molar-refractivity contribution is 7.99. The first-order chi connectivity index (χ1) is 5.29. The van der Waals surface area contributed by atoms with Crippen LogP contribution in [-0.2, 0) is 9.59 Å². The zero-order valence-corrected chi connectivity index (χ0v) is 6.69. The molecule has 0 bridgehead atoms. The summed E-state index contributed by atoms with van der Waals surface area (Å²) in [5.74, 6) is 1.46. The molecule has 2 fully saturated rings. The van der Waals surface area contributed by atoms with Gasteiger partial charge in [0.25, 0.3) is 0 Å². The molecule has 2 amide bonds. The van der Waals surface area contributed by atoms with Crippen LogP contribution in [-0.4, -0.2) is 40.9 Å². The van der Waals surface area contributed by atoms with E-state index in [4.69, 9.17) is 0 Å². The molecule has 1 atom stereocenters. The van der Waals surface area contributed by atoms with Gasteiger partial charge in [0.1, 0.15) is 6.04 Å². The van der Waals surface area contributed by atoms with Gasteiger partial charge in [0.15, 0.2) is 0 Å². The number of hydrogen-bond donors (Lipinski definition) is 1. The van der Waals surface area contributed by atoms with Gasteiger partial charge in [0.05, 0.1) is 12.4 Å². The van der Waals surface area contributed by atoms with Gasteiger partial charge < -0.3 is 10.2 Å². The van der Waals surface area contributed by atoms with Crippen molar-refractivity contribution in [2.45, 2.75) is 6.04 Å². The fourth-order valence-electron chi connectivity index (χ4n) is 1.29. The van der Waals surface area contributed by atoms with Crippen molar-refractivity contribution in [1.82, 2.24) is 10.2 Å². The van der Waals surface area contributed by atoms with Crippen molar-refractivity contribution in [3.8, 4) is 0 Å². The summed E-state index contributed by atoms with van der Waals surface area (Å²) in [6, 6.07) is -0.193. The fourth-order valence-corrected chi connectivity index (χ4v) is 2.47. The molecular formula is C6H8N2O2S. The van der Waals surface area contributed by atoms with Crippen molar-refractivity contribution in [2.75, 3.05) is 18.2 Å². The molecule has 2 rings (SSSR count). The molecule has 2 heterocycles. The van der Waals surface area contributed by atoms with Gasteiger partial charge in [-0.3, -0.25) is 9.59 Å². The summed E-state index contributed by atoms with van der Waals surface area (Å²) in [5.41, 5.74) is 0. The summed E-state index contributed by atoms with van der Waals surface area (Å²) in [4.78, 5) is 23.9. The number of fused-ring (bicyclic) bond motifs is 1. The van der Waals surface area contributed by atoms with Crippen molar-refractivity contribution >= 4 is 23.6 Å². The largest absolute Gasteiger partial charge is 0.345 e. The van der Waals surface area contributed by atoms with Gasteiger partial charge in [0.2, 0.25) is 11.8 Å². The van der Waals surface area contributed by atoms with Gasteiger partial charge in [-0.2, -0.15) is 0 Å². The maximum Gasteiger partial charge on any atom is 0.244 e. The summed E-state index contributed by atoms with van der Waals surface area (Å²) in [6.45, 7) is 0.176. The molecule has 2 saturated heterocycles. The maximum atomic E-state index is 11.1. The first kappa shape index (κ1) is 6.97. The molecular weight excluding hydrogens is 164 g/mol. The SMILES string of the molecule is O=C1NCC(=O)N2CSC[C@@H]12. The normalized spacial score (nSPS) is 30.2. The molecule has 60 valence electrons. The zero-order chi connectivity index (χ0) is 7.84. The molecule has 2 aliphatic rings. The van der Waals surface area contributed by atoms with Gasteiger partial charge in [-0.05, 0) is 0 Å². The topological polar surface area (TPSA) is 49.4 Å². The molecule has 0 spiro atoms. The standard InChI is InChI=1S/C6H8N2O2S/c9-5-1-7-6(10)4-2-11-3-8(4)5/h4H,1-3H2,(H,7,10)/t4-/m0/s1. The van der Waals surface area contributed by atoms with E-state index in [0.29, 0.717) is 5.88 Å². The number of amides is 2. The fraction of sp³-hybridized carbons (Fsp3) is 0.667. The Morgan fingerprint density at radius 2 is 2.36 bits per heavy atom. The van der Waals surface area contributed by atoms with Crippen molar-refractivity contribution in [3.05, 3.63) is 0 Å². The van der Waals surface area contributed by atoms with Crippen LogP contribution in [0.3, 0.4) is 0 Å². The third kappa shape index (κ3) is 0.994. The lowest BCUT2D eigenvalue weighted by atomic mass is 10.2. The van der Waals surface area contributed by atoms with Crippen LogP contribution in [0, 0.1) is 0 Å². The number of carbonyl (C=O) groups excluding carboxylic acids is 2. The second-order valence-electron chi connectivity index (χ2n) is 2.60. The van der Waals surface area contributed by atoms with E-state index in [2.05, 4.69) is 5.32 Å². The highest BCUT2D eigenvalue weighted by atomic mass is 32.2. The molecule has 4 nitrogen and oxygen atoms in total. The van der Waals surface area contributed by atoms with Crippen LogP contribution in [0.25, 0.3) is 0 Å². The van der Waals surface area contributed by atoms with Crippen LogP contribution in [0.2, 0.25) is 0 Å². The Bertz CT molecular complexity index is 197. The Labute approximate surface area is 68.3 Å². The summed E-state index contributed by atoms with van der Waals surface area (Å²) >= 11 is 1.63. The highest BCUT2D eigenvalue weighted by Gasteiger charge is 2.37. The van der Waals surface area contributed by atoms with Crippen LogP contribution < -0.4 is 5.32 Å². The zero-order valence-electron chi connectivity index (χ0n) is 5.87. The minimum Gasteiger partial charge on any atom is -0.345 e. The molecule has 5 heteroatoms. The van der Waals surface area contributed by atoms with Gasteiger partial charge in [-0.1, -0.05) is 0 Å². The third-order valence-corrected chi connectivity index (χ3v) is 2.93. The van der Waals surface area contributed by atoms with Crippen LogP contribution >= 0.6 is 11.8 Å². The van der Waals surface area contributed by atoms with E-state index in [9.17, 15) is 9.59 Å². The summed E-state index contributed by atoms with van der Waals surface area (Å²) in [5, 5.41) is 2.56. The van der Waals surface area contributed by atoms with Gasteiger partial charge in [0, 0.05) is 5.75 Å². The van der Waals surface area contributed by atoms with E-state index in [1.54, 1.807) is 16.7 Å². The van der Waals surface area contributed by atoms with Gasteiger partial charge in [-0.25, -0.2) is 0 Å². The molecule has 0 aromatic carbocycles. The van der Waals surface area contributed by atoms with Crippen LogP contribution in [0.1, 0.15) is 0 Å². The number of nitrogens with one attached hydrogen (secondary N) is 1. The maximum absolute atomic E-state index is 11.1. The minimum atomic E-state index is -0.193. The lowest BCUT2D eigenvalue weighted by molar-refractivity contribution is -0.142. The van der Waals surface area contributed by atoms with E-state index < -0.39 is 0 Å². The van der Waals surface area contributed by atoms with E-state index in [1.807, 2.05) is 0 Å². The first-order valence-electron chi connectivity index (χ1n) is 3.44. The van der Waals surface area contributed by atoms with Crippen LogP contribution in [0.15, 0.2) is 0 Å². The lowest BCUT2D eigenvalue weighted by Gasteiger charge is -2.27. The number of thioether (sulfide) groups is 1. The molecule has 11 heavy (non-hydrogen) atoms. The number of carbonyl (C=O) groups is 2. The molecule has 2 aliphatic heterocycles. The Balaban J connectivity index is 2.20. The van der Waals surface area contributed by atoms with Gasteiger partial charge >= 0.3 is 0 Å². The van der Waals surface area contributed by atoms with Crippen LogP contribution in [0.5, 0.6) is 0 Å². The van der Waals surface area contributed by atoms with Crippen molar-refractivity contribution in [2.24, 2.45) is 0 Å². The smallest absolute Gasteiger partial charge is 0.244 e. The Kier molecular flexibility index (Phi) is 1.52. The quantitative estimate of drug-likeness (QED) is 0.511. The summed E-state index contributed by atoms with van der Waals surface area (Å²) in [7, 11) is 0. The Morgan fingerprint density at radius 3 is 3.09 bits per heavy atom. The van der Waals surface area contributed by atoms with Gasteiger partial charge in [-0.15, -0.1) is 11.8 Å². The number of nitrogens with zero attached hydrogens (tertiary/aromatic N) is 1. The Hall–Kier alpha value is -0.710. The van der Waals surface area contributed by atoms with E-state index in [0.717, 1.165) is 5.75 Å². The average Bonchev–Trinajstić information content (AvgIpc) is 2.45. The highest BCUT2D eigenvalue weighted by Crippen LogP contribution is 2.22. The number of rotatable bonds is 0. The molecule has 0 unspecified atom stereocenters. The predicted octanol–water partition coefficient (Wildman–Crippen LogP) is -0.982. The van der Waals surface area contributed by atoms with Crippen molar-refractivity contribution in [1.29, 1.82) is 0 Å². The monoisotopic (exact) mass is 172 g/mol. The van der Waals surface area contributed by atoms with E-state index >= 15 is 0 Å². The van der Waals surface area contributed by atoms with E-state index in [-0.39, 0.29) is 24.4 Å². The second-order valence-corrected chi connectivity index (χ2v) is 3.60. The molecule has 0 saturated carbocycles. The molecule has 0 radical (unpaired) electrons. The first-order valence-corrected chi connectivity index (χ1v) is 4.59. The molecule has 0 aromatic heterocycles. The van der Waals surface area contributed by atoms with Crippen molar-refractivity contribution in [3.63, 3.8) is 0 Å². The Morgan fingerprint density at radius 1 is 1.55 bits per heavy atom. The lowest BCUT2D eigenvalue weighted by Crippen LogP contribution is -2.56. The summed E-state index contributed by atoms with van der Waals surface area (Å²) in [6.07, 6.45) is 0. The third-order valence-electron chi connectivity index (χ3n) is 1.92. The molecule has 0 aromatic rings. The van der Waals surface area contributed by atoms with Crippen molar-refractivity contribution < 1.29 is 9.59 Å². The molecule has 1 N–H and O–H groups in total.